The summed E-state index contributed by atoms with van der Waals surface area (Å²) in [5, 5.41) is 3.19. The van der Waals surface area contributed by atoms with Gasteiger partial charge in [0, 0.05) is 26.7 Å². The van der Waals surface area contributed by atoms with Gasteiger partial charge in [-0.1, -0.05) is 0 Å². The van der Waals surface area contributed by atoms with Crippen molar-refractivity contribution in [2.45, 2.75) is 25.4 Å². The summed E-state index contributed by atoms with van der Waals surface area (Å²) in [5.74, 6) is 0.114. The predicted molar refractivity (Wildman–Crippen MR) is 70.5 cm³/mol. The van der Waals surface area contributed by atoms with Gasteiger partial charge in [-0.25, -0.2) is 0 Å². The van der Waals surface area contributed by atoms with Gasteiger partial charge in [-0.3, -0.25) is 4.79 Å². The van der Waals surface area contributed by atoms with Crippen molar-refractivity contribution in [1.82, 2.24) is 15.1 Å². The van der Waals surface area contributed by atoms with E-state index < -0.39 is 0 Å². The Morgan fingerprint density at radius 2 is 2.22 bits per heavy atom. The molecule has 1 atom stereocenters. The number of amides is 1. The lowest BCUT2D eigenvalue weighted by Crippen LogP contribution is -2.48. The number of nitrogens with one attached hydrogen (secondary N) is 1. The van der Waals surface area contributed by atoms with Crippen molar-refractivity contribution in [3.8, 4) is 0 Å². The molecule has 5 nitrogen and oxygen atoms in total. The lowest BCUT2D eigenvalue weighted by Gasteiger charge is -2.27. The van der Waals surface area contributed by atoms with Gasteiger partial charge in [0.2, 0.25) is 0 Å². The van der Waals surface area contributed by atoms with Crippen molar-refractivity contribution < 1.29 is 9.53 Å². The molecule has 0 aromatic carbocycles. The average molecular weight is 255 g/mol. The zero-order valence-electron chi connectivity index (χ0n) is 11.4. The molecule has 2 saturated heterocycles. The molecule has 2 heterocycles. The van der Waals surface area contributed by atoms with Crippen LogP contribution in [0, 0.1) is 0 Å². The first-order valence-corrected chi connectivity index (χ1v) is 7.07. The van der Waals surface area contributed by atoms with Crippen LogP contribution in [-0.4, -0.2) is 74.7 Å². The molecule has 104 valence electrons. The number of carbonyl (C=O) groups excluding carboxylic acids is 1. The molecule has 2 aliphatic rings. The Morgan fingerprint density at radius 3 is 2.89 bits per heavy atom. The van der Waals surface area contributed by atoms with Gasteiger partial charge >= 0.3 is 0 Å². The Labute approximate surface area is 109 Å². The SMILES string of the molecule is CN(CCCN1CCCC1)C(=O)[C@@H]1CNCCO1. The third kappa shape index (κ3) is 3.93. The second-order valence-corrected chi connectivity index (χ2v) is 5.23. The number of hydrogen-bond acceptors (Lipinski definition) is 4. The summed E-state index contributed by atoms with van der Waals surface area (Å²) >= 11 is 0. The van der Waals surface area contributed by atoms with E-state index in [1.165, 1.54) is 25.9 Å². The van der Waals surface area contributed by atoms with Gasteiger partial charge < -0.3 is 19.9 Å². The van der Waals surface area contributed by atoms with E-state index >= 15 is 0 Å². The van der Waals surface area contributed by atoms with Crippen molar-refractivity contribution in [2.75, 3.05) is 52.9 Å². The number of morpholine rings is 1. The van der Waals surface area contributed by atoms with Gasteiger partial charge in [0.25, 0.3) is 5.91 Å². The number of likely N-dealkylation sites (N-methyl/N-ethyl adjacent to an activating group) is 1. The Bertz CT molecular complexity index is 261. The summed E-state index contributed by atoms with van der Waals surface area (Å²) < 4.78 is 5.48. The molecule has 1 amide bonds. The minimum absolute atomic E-state index is 0.114. The van der Waals surface area contributed by atoms with Crippen LogP contribution in [0.2, 0.25) is 0 Å². The highest BCUT2D eigenvalue weighted by molar-refractivity contribution is 5.81. The van der Waals surface area contributed by atoms with Crippen LogP contribution < -0.4 is 5.32 Å². The van der Waals surface area contributed by atoms with E-state index in [4.69, 9.17) is 4.74 Å². The van der Waals surface area contributed by atoms with Crippen LogP contribution in [0.3, 0.4) is 0 Å². The van der Waals surface area contributed by atoms with Gasteiger partial charge in [0.15, 0.2) is 0 Å². The van der Waals surface area contributed by atoms with Gasteiger partial charge in [0.05, 0.1) is 6.61 Å². The zero-order valence-corrected chi connectivity index (χ0v) is 11.4. The van der Waals surface area contributed by atoms with E-state index in [0.29, 0.717) is 13.2 Å². The minimum atomic E-state index is -0.282. The molecule has 0 aromatic rings. The molecule has 0 bridgehead atoms. The van der Waals surface area contributed by atoms with Gasteiger partial charge in [-0.2, -0.15) is 0 Å². The summed E-state index contributed by atoms with van der Waals surface area (Å²) in [6.07, 6.45) is 3.44. The molecule has 2 aliphatic heterocycles. The maximum Gasteiger partial charge on any atom is 0.252 e. The molecule has 0 unspecified atom stereocenters. The van der Waals surface area contributed by atoms with Gasteiger partial charge in [-0.15, -0.1) is 0 Å². The molecule has 2 fully saturated rings. The smallest absolute Gasteiger partial charge is 0.252 e. The fourth-order valence-electron chi connectivity index (χ4n) is 2.62. The summed E-state index contributed by atoms with van der Waals surface area (Å²) in [6, 6.07) is 0. The lowest BCUT2D eigenvalue weighted by molar-refractivity contribution is -0.143. The molecule has 0 aromatic heterocycles. The van der Waals surface area contributed by atoms with Crippen molar-refractivity contribution in [2.24, 2.45) is 0 Å². The highest BCUT2D eigenvalue weighted by Gasteiger charge is 2.24. The van der Waals surface area contributed by atoms with Crippen LogP contribution in [0.4, 0.5) is 0 Å². The van der Waals surface area contributed by atoms with E-state index in [1.807, 2.05) is 11.9 Å². The Morgan fingerprint density at radius 1 is 1.44 bits per heavy atom. The van der Waals surface area contributed by atoms with E-state index in [1.54, 1.807) is 0 Å². The van der Waals surface area contributed by atoms with E-state index in [2.05, 4.69) is 10.2 Å². The molecular formula is C13H25N3O2. The standard InChI is InChI=1S/C13H25N3O2/c1-15(6-4-9-16-7-2-3-8-16)13(17)12-11-14-5-10-18-12/h12,14H,2-11H2,1H3/t12-/m0/s1. The van der Waals surface area contributed by atoms with Crippen LogP contribution >= 0.6 is 0 Å². The minimum Gasteiger partial charge on any atom is -0.366 e. The molecule has 0 aliphatic carbocycles. The second-order valence-electron chi connectivity index (χ2n) is 5.23. The number of nitrogens with zero attached hydrogens (tertiary/aromatic N) is 2. The van der Waals surface area contributed by atoms with Crippen LogP contribution in [0.15, 0.2) is 0 Å². The molecular weight excluding hydrogens is 230 g/mol. The fraction of sp³-hybridized carbons (Fsp3) is 0.923. The van der Waals surface area contributed by atoms with Crippen molar-refractivity contribution in [3.05, 3.63) is 0 Å². The number of likely N-dealkylation sites (tertiary alicyclic amines) is 1. The van der Waals surface area contributed by atoms with Gasteiger partial charge in [-0.05, 0) is 38.9 Å². The number of hydrogen-bond donors (Lipinski definition) is 1. The van der Waals surface area contributed by atoms with Crippen LogP contribution in [0.25, 0.3) is 0 Å². The third-order valence-electron chi connectivity index (χ3n) is 3.75. The molecule has 1 N–H and O–H groups in total. The van der Waals surface area contributed by atoms with Crippen molar-refractivity contribution in [3.63, 3.8) is 0 Å². The number of carbonyl (C=O) groups is 1. The maximum absolute atomic E-state index is 12.1. The Hall–Kier alpha value is -0.650. The van der Waals surface area contributed by atoms with E-state index in [0.717, 1.165) is 26.1 Å². The topological polar surface area (TPSA) is 44.8 Å². The van der Waals surface area contributed by atoms with Crippen molar-refractivity contribution >= 4 is 5.91 Å². The predicted octanol–water partition coefficient (Wildman–Crippen LogP) is -0.0809. The first-order chi connectivity index (χ1) is 8.77. The van der Waals surface area contributed by atoms with Gasteiger partial charge in [0.1, 0.15) is 6.10 Å². The first-order valence-electron chi connectivity index (χ1n) is 7.07. The highest BCUT2D eigenvalue weighted by atomic mass is 16.5. The van der Waals surface area contributed by atoms with Crippen molar-refractivity contribution in [1.29, 1.82) is 0 Å². The van der Waals surface area contributed by atoms with Crippen LogP contribution in [0.5, 0.6) is 0 Å². The van der Waals surface area contributed by atoms with E-state index in [9.17, 15) is 4.79 Å². The molecule has 0 radical (unpaired) electrons. The maximum atomic E-state index is 12.1. The van der Waals surface area contributed by atoms with Crippen LogP contribution in [-0.2, 0) is 9.53 Å². The Kier molecular flexibility index (Phi) is 5.41. The Balaban J connectivity index is 1.63. The number of rotatable bonds is 5. The zero-order chi connectivity index (χ0) is 12.8. The lowest BCUT2D eigenvalue weighted by atomic mass is 10.2. The molecule has 5 heteroatoms. The third-order valence-corrected chi connectivity index (χ3v) is 3.75. The molecule has 0 spiro atoms. The summed E-state index contributed by atoms with van der Waals surface area (Å²) in [5.41, 5.74) is 0. The fourth-order valence-corrected chi connectivity index (χ4v) is 2.62. The monoisotopic (exact) mass is 255 g/mol. The second kappa shape index (κ2) is 7.07. The average Bonchev–Trinajstić information content (AvgIpc) is 2.92. The van der Waals surface area contributed by atoms with E-state index in [-0.39, 0.29) is 12.0 Å². The quantitative estimate of drug-likeness (QED) is 0.746. The summed E-state index contributed by atoms with van der Waals surface area (Å²) in [6.45, 7) is 6.53. The summed E-state index contributed by atoms with van der Waals surface area (Å²) in [4.78, 5) is 16.4. The number of ether oxygens (including phenoxy) is 1. The normalized spacial score (nSPS) is 25.3. The summed E-state index contributed by atoms with van der Waals surface area (Å²) in [7, 11) is 1.88. The highest BCUT2D eigenvalue weighted by Crippen LogP contribution is 2.08. The molecule has 18 heavy (non-hydrogen) atoms. The first kappa shape index (κ1) is 13.8. The molecule has 2 rings (SSSR count). The largest absolute Gasteiger partial charge is 0.366 e. The van der Waals surface area contributed by atoms with Crippen LogP contribution in [0.1, 0.15) is 19.3 Å². The molecule has 0 saturated carbocycles.